The van der Waals surface area contributed by atoms with Crippen molar-refractivity contribution in [1.29, 1.82) is 0 Å². The van der Waals surface area contributed by atoms with E-state index < -0.39 is 0 Å². The summed E-state index contributed by atoms with van der Waals surface area (Å²) in [5.74, 6) is -0.432. The van der Waals surface area contributed by atoms with E-state index in [9.17, 15) is 13.6 Å². The van der Waals surface area contributed by atoms with Crippen molar-refractivity contribution in [3.05, 3.63) is 71.3 Å². The number of hydrogen-bond acceptors (Lipinski definition) is 3. The van der Waals surface area contributed by atoms with E-state index in [4.69, 9.17) is 0 Å². The summed E-state index contributed by atoms with van der Waals surface area (Å²) in [4.78, 5) is 21.4. The second-order valence-corrected chi connectivity index (χ2v) is 8.06. The van der Waals surface area contributed by atoms with Crippen LogP contribution in [0.3, 0.4) is 0 Å². The summed E-state index contributed by atoms with van der Waals surface area (Å²) in [6.45, 7) is 7.74. The molecule has 2 heterocycles. The molecule has 0 spiro atoms. The Morgan fingerprint density at radius 2 is 0.933 bits per heavy atom. The molecule has 0 unspecified atom stereocenters. The molecule has 2 aliphatic heterocycles. The average Bonchev–Trinajstić information content (AvgIpc) is 2.77. The minimum atomic E-state index is -0.216. The highest BCUT2D eigenvalue weighted by Crippen LogP contribution is 2.14. The van der Waals surface area contributed by atoms with Crippen LogP contribution in [-0.2, 0) is 13.1 Å². The summed E-state index contributed by atoms with van der Waals surface area (Å²) < 4.78 is 26.1. The molecular formula is C23H28F2N4O. The quantitative estimate of drug-likeness (QED) is 0.771. The lowest BCUT2D eigenvalue weighted by molar-refractivity contribution is 0.0870. The van der Waals surface area contributed by atoms with E-state index in [1.807, 2.05) is 34.1 Å². The van der Waals surface area contributed by atoms with Gasteiger partial charge < -0.3 is 9.80 Å². The van der Waals surface area contributed by atoms with Crippen molar-refractivity contribution in [2.45, 2.75) is 13.1 Å². The Hall–Kier alpha value is -2.51. The number of carbonyl (C=O) groups is 1. The van der Waals surface area contributed by atoms with Crippen molar-refractivity contribution >= 4 is 6.03 Å². The molecule has 2 saturated heterocycles. The highest BCUT2D eigenvalue weighted by Gasteiger charge is 2.27. The molecule has 0 aromatic heterocycles. The van der Waals surface area contributed by atoms with Crippen LogP contribution in [0.25, 0.3) is 0 Å². The van der Waals surface area contributed by atoms with Crippen LogP contribution in [-0.4, -0.2) is 78.0 Å². The first-order valence-electron chi connectivity index (χ1n) is 10.5. The molecule has 30 heavy (non-hydrogen) atoms. The third-order valence-electron chi connectivity index (χ3n) is 5.92. The first kappa shape index (κ1) is 20.8. The largest absolute Gasteiger partial charge is 0.322 e. The summed E-state index contributed by atoms with van der Waals surface area (Å²) in [5, 5.41) is 0. The molecule has 5 nitrogen and oxygen atoms in total. The Morgan fingerprint density at radius 1 is 0.600 bits per heavy atom. The summed E-state index contributed by atoms with van der Waals surface area (Å²) in [7, 11) is 0. The first-order chi connectivity index (χ1) is 14.6. The van der Waals surface area contributed by atoms with Crippen LogP contribution in [0.4, 0.5) is 13.6 Å². The molecule has 0 aliphatic carbocycles. The second kappa shape index (κ2) is 9.53. The lowest BCUT2D eigenvalue weighted by Crippen LogP contribution is -2.56. The molecule has 0 atom stereocenters. The van der Waals surface area contributed by atoms with Crippen molar-refractivity contribution in [2.24, 2.45) is 0 Å². The highest BCUT2D eigenvalue weighted by molar-refractivity contribution is 5.74. The number of hydrogen-bond donors (Lipinski definition) is 0. The maximum Gasteiger partial charge on any atom is 0.320 e. The number of amides is 2. The van der Waals surface area contributed by atoms with E-state index in [0.717, 1.165) is 76.6 Å². The summed E-state index contributed by atoms with van der Waals surface area (Å²) in [6.07, 6.45) is 0. The van der Waals surface area contributed by atoms with Gasteiger partial charge in [0.1, 0.15) is 11.6 Å². The van der Waals surface area contributed by atoms with Crippen molar-refractivity contribution < 1.29 is 13.6 Å². The van der Waals surface area contributed by atoms with Crippen LogP contribution in [0, 0.1) is 11.6 Å². The number of urea groups is 1. The Labute approximate surface area is 176 Å². The van der Waals surface area contributed by atoms with Crippen molar-refractivity contribution in [2.75, 3.05) is 52.4 Å². The Morgan fingerprint density at radius 3 is 1.27 bits per heavy atom. The zero-order chi connectivity index (χ0) is 20.9. The number of piperazine rings is 2. The summed E-state index contributed by atoms with van der Waals surface area (Å²) >= 11 is 0. The van der Waals surface area contributed by atoms with Gasteiger partial charge in [0.15, 0.2) is 0 Å². The van der Waals surface area contributed by atoms with Gasteiger partial charge in [0, 0.05) is 65.4 Å². The average molecular weight is 415 g/mol. The van der Waals surface area contributed by atoms with Gasteiger partial charge in [0.25, 0.3) is 0 Å². The maximum atomic E-state index is 13.1. The van der Waals surface area contributed by atoms with Gasteiger partial charge >= 0.3 is 6.03 Å². The van der Waals surface area contributed by atoms with E-state index in [1.165, 1.54) is 24.3 Å². The number of carbonyl (C=O) groups excluding carboxylic acids is 1. The van der Waals surface area contributed by atoms with Crippen LogP contribution in [0.5, 0.6) is 0 Å². The molecule has 0 saturated carbocycles. The monoisotopic (exact) mass is 414 g/mol. The predicted octanol–water partition coefficient (Wildman–Crippen LogP) is 3.02. The van der Waals surface area contributed by atoms with Crippen LogP contribution in [0.2, 0.25) is 0 Å². The third-order valence-corrected chi connectivity index (χ3v) is 5.92. The fraction of sp³-hybridized carbons (Fsp3) is 0.435. The molecule has 7 heteroatoms. The standard InChI is InChI=1S/C23H28F2N4O/c24-21-5-1-19(2-6-21)17-26-9-13-28(14-10-26)23(30)29-15-11-27(12-16-29)18-20-3-7-22(25)8-4-20/h1-8H,9-18H2. The van der Waals surface area contributed by atoms with Gasteiger partial charge in [0.2, 0.25) is 0 Å². The molecule has 0 radical (unpaired) electrons. The Bertz CT molecular complexity index is 758. The van der Waals surface area contributed by atoms with Crippen molar-refractivity contribution in [3.8, 4) is 0 Å². The van der Waals surface area contributed by atoms with Crippen LogP contribution in [0.15, 0.2) is 48.5 Å². The fourth-order valence-corrected chi connectivity index (χ4v) is 4.09. The number of benzene rings is 2. The number of halogens is 2. The van der Waals surface area contributed by atoms with E-state index in [0.29, 0.717) is 0 Å². The molecular weight excluding hydrogens is 386 g/mol. The lowest BCUT2D eigenvalue weighted by Gasteiger charge is -2.40. The molecule has 0 bridgehead atoms. The fourth-order valence-electron chi connectivity index (χ4n) is 4.09. The Balaban J connectivity index is 1.20. The molecule has 4 rings (SSSR count). The van der Waals surface area contributed by atoms with E-state index >= 15 is 0 Å². The topological polar surface area (TPSA) is 30.0 Å². The van der Waals surface area contributed by atoms with Gasteiger partial charge in [-0.15, -0.1) is 0 Å². The van der Waals surface area contributed by atoms with Crippen molar-refractivity contribution in [1.82, 2.24) is 19.6 Å². The Kier molecular flexibility index (Phi) is 6.59. The second-order valence-electron chi connectivity index (χ2n) is 8.06. The summed E-state index contributed by atoms with van der Waals surface area (Å²) in [5.41, 5.74) is 2.18. The lowest BCUT2D eigenvalue weighted by atomic mass is 10.2. The zero-order valence-corrected chi connectivity index (χ0v) is 17.1. The van der Waals surface area contributed by atoms with Crippen LogP contribution < -0.4 is 0 Å². The van der Waals surface area contributed by atoms with Gasteiger partial charge in [0.05, 0.1) is 0 Å². The first-order valence-corrected chi connectivity index (χ1v) is 10.5. The predicted molar refractivity (Wildman–Crippen MR) is 112 cm³/mol. The smallest absolute Gasteiger partial charge is 0.320 e. The van der Waals surface area contributed by atoms with E-state index in [1.54, 1.807) is 0 Å². The van der Waals surface area contributed by atoms with Gasteiger partial charge in [-0.1, -0.05) is 24.3 Å². The van der Waals surface area contributed by atoms with Gasteiger partial charge in [-0.3, -0.25) is 9.80 Å². The molecule has 2 aliphatic rings. The molecule has 2 aromatic carbocycles. The minimum Gasteiger partial charge on any atom is -0.322 e. The van der Waals surface area contributed by atoms with Gasteiger partial charge in [-0.2, -0.15) is 0 Å². The molecule has 2 amide bonds. The molecule has 2 aromatic rings. The summed E-state index contributed by atoms with van der Waals surface area (Å²) in [6, 6.07) is 13.4. The van der Waals surface area contributed by atoms with Crippen LogP contribution in [0.1, 0.15) is 11.1 Å². The van der Waals surface area contributed by atoms with E-state index in [-0.39, 0.29) is 17.7 Å². The normalized spacial score (nSPS) is 18.6. The SMILES string of the molecule is O=C(N1CCN(Cc2ccc(F)cc2)CC1)N1CCN(Cc2ccc(F)cc2)CC1. The maximum absolute atomic E-state index is 13.1. The highest BCUT2D eigenvalue weighted by atomic mass is 19.1. The minimum absolute atomic E-state index is 0.123. The number of nitrogens with zero attached hydrogens (tertiary/aromatic N) is 4. The van der Waals surface area contributed by atoms with Crippen LogP contribution >= 0.6 is 0 Å². The third kappa shape index (κ3) is 5.34. The van der Waals surface area contributed by atoms with E-state index in [2.05, 4.69) is 9.80 Å². The van der Waals surface area contributed by atoms with Gasteiger partial charge in [-0.05, 0) is 35.4 Å². The van der Waals surface area contributed by atoms with Gasteiger partial charge in [-0.25, -0.2) is 13.6 Å². The van der Waals surface area contributed by atoms with Crippen molar-refractivity contribution in [3.63, 3.8) is 0 Å². The number of rotatable bonds is 4. The zero-order valence-electron chi connectivity index (χ0n) is 17.1. The molecule has 160 valence electrons. The molecule has 2 fully saturated rings. The molecule has 0 N–H and O–H groups in total.